The minimum absolute atomic E-state index is 0.260. The van der Waals surface area contributed by atoms with Gasteiger partial charge < -0.3 is 20.8 Å². The van der Waals surface area contributed by atoms with E-state index in [4.69, 9.17) is 10.2 Å². The van der Waals surface area contributed by atoms with E-state index in [-0.39, 0.29) is 13.2 Å². The Morgan fingerprint density at radius 1 is 0.929 bits per heavy atom. The molecule has 0 aliphatic carbocycles. The maximum atomic E-state index is 8.56. The molecule has 0 aromatic heterocycles. The number of hydrogen-bond acceptors (Lipinski definition) is 4. The van der Waals surface area contributed by atoms with E-state index in [9.17, 15) is 0 Å². The number of aliphatic hydroxyl groups excluding tert-OH is 2. The maximum Gasteiger partial charge on any atom is 0.0443 e. The molecule has 0 saturated heterocycles. The molecule has 0 unspecified atom stereocenters. The number of nitrogens with one attached hydrogen (secondary N) is 2. The molecule has 0 spiro atoms. The largest absolute Gasteiger partial charge is 0.396 e. The molecule has 0 saturated carbocycles. The number of rotatable bonds is 10. The smallest absolute Gasteiger partial charge is 0.0443 e. The Balaban J connectivity index is 3.07. The Morgan fingerprint density at radius 2 is 1.36 bits per heavy atom. The molecule has 14 heavy (non-hydrogen) atoms. The lowest BCUT2D eigenvalue weighted by Gasteiger charge is -2.13. The molecule has 0 aromatic carbocycles. The average Bonchev–Trinajstić information content (AvgIpc) is 2.19. The summed E-state index contributed by atoms with van der Waals surface area (Å²) in [6.45, 7) is 6.43. The molecule has 0 radical (unpaired) electrons. The van der Waals surface area contributed by atoms with E-state index >= 15 is 0 Å². The summed E-state index contributed by atoms with van der Waals surface area (Å²) in [7, 11) is 0. The third-order valence-electron chi connectivity index (χ3n) is 2.01. The van der Waals surface area contributed by atoms with Crippen molar-refractivity contribution >= 4 is 0 Å². The second kappa shape index (κ2) is 10.9. The summed E-state index contributed by atoms with van der Waals surface area (Å²) in [5.41, 5.74) is 0. The highest BCUT2D eigenvalue weighted by Crippen LogP contribution is 1.89. The normalized spacial score (nSPS) is 11.1. The molecular formula is C10H24N2O2. The molecule has 0 aliphatic rings. The zero-order valence-corrected chi connectivity index (χ0v) is 9.13. The first kappa shape index (κ1) is 13.8. The van der Waals surface area contributed by atoms with Gasteiger partial charge in [0.15, 0.2) is 0 Å². The van der Waals surface area contributed by atoms with Crippen LogP contribution in [0.15, 0.2) is 0 Å². The van der Waals surface area contributed by atoms with Crippen LogP contribution in [0.3, 0.4) is 0 Å². The van der Waals surface area contributed by atoms with Crippen LogP contribution in [-0.4, -0.2) is 49.6 Å². The highest BCUT2D eigenvalue weighted by Gasteiger charge is 1.99. The van der Waals surface area contributed by atoms with Crippen molar-refractivity contribution in [3.8, 4) is 0 Å². The number of hydrogen-bond donors (Lipinski definition) is 4. The first-order chi connectivity index (χ1) is 6.81. The lowest BCUT2D eigenvalue weighted by atomic mass is 10.2. The Bertz CT molecular complexity index is 100. The quantitative estimate of drug-likeness (QED) is 0.365. The SMILES string of the molecule is CC(CNCCCO)CNCCCO. The molecular weight excluding hydrogens is 180 g/mol. The van der Waals surface area contributed by atoms with Crippen molar-refractivity contribution in [3.05, 3.63) is 0 Å². The fourth-order valence-electron chi connectivity index (χ4n) is 1.18. The molecule has 0 heterocycles. The average molecular weight is 204 g/mol. The van der Waals surface area contributed by atoms with Crippen molar-refractivity contribution in [2.45, 2.75) is 19.8 Å². The zero-order valence-electron chi connectivity index (χ0n) is 9.13. The van der Waals surface area contributed by atoms with Gasteiger partial charge in [0.1, 0.15) is 0 Å². The lowest BCUT2D eigenvalue weighted by Crippen LogP contribution is -2.31. The van der Waals surface area contributed by atoms with E-state index < -0.39 is 0 Å². The summed E-state index contributed by atoms with van der Waals surface area (Å²) >= 11 is 0. The second-order valence-corrected chi connectivity index (χ2v) is 3.67. The van der Waals surface area contributed by atoms with Gasteiger partial charge in [0.2, 0.25) is 0 Å². The minimum Gasteiger partial charge on any atom is -0.396 e. The first-order valence-corrected chi connectivity index (χ1v) is 5.44. The third-order valence-corrected chi connectivity index (χ3v) is 2.01. The molecule has 0 aromatic rings. The molecule has 0 aliphatic heterocycles. The van der Waals surface area contributed by atoms with E-state index in [2.05, 4.69) is 17.6 Å². The predicted molar refractivity (Wildman–Crippen MR) is 58.3 cm³/mol. The fraction of sp³-hybridized carbons (Fsp3) is 1.00. The Morgan fingerprint density at radius 3 is 1.71 bits per heavy atom. The Hall–Kier alpha value is -0.160. The molecule has 0 amide bonds. The second-order valence-electron chi connectivity index (χ2n) is 3.67. The molecule has 86 valence electrons. The summed E-state index contributed by atoms with van der Waals surface area (Å²) in [6.07, 6.45) is 1.65. The van der Waals surface area contributed by atoms with Crippen LogP contribution in [-0.2, 0) is 0 Å². The summed E-state index contributed by atoms with van der Waals surface area (Å²) in [5, 5.41) is 23.7. The van der Waals surface area contributed by atoms with Gasteiger partial charge >= 0.3 is 0 Å². The van der Waals surface area contributed by atoms with Crippen LogP contribution in [0.2, 0.25) is 0 Å². The van der Waals surface area contributed by atoms with Crippen LogP contribution in [0.1, 0.15) is 19.8 Å². The van der Waals surface area contributed by atoms with Crippen LogP contribution in [0, 0.1) is 5.92 Å². The van der Waals surface area contributed by atoms with Crippen molar-refractivity contribution in [2.24, 2.45) is 5.92 Å². The van der Waals surface area contributed by atoms with E-state index in [0.717, 1.165) is 39.0 Å². The maximum absolute atomic E-state index is 8.56. The zero-order chi connectivity index (χ0) is 10.6. The van der Waals surface area contributed by atoms with Crippen LogP contribution in [0.5, 0.6) is 0 Å². The van der Waals surface area contributed by atoms with E-state index in [1.54, 1.807) is 0 Å². The predicted octanol–water partition coefficient (Wildman–Crippen LogP) is -0.433. The highest BCUT2D eigenvalue weighted by atomic mass is 16.3. The van der Waals surface area contributed by atoms with Crippen molar-refractivity contribution in [3.63, 3.8) is 0 Å². The summed E-state index contributed by atoms with van der Waals surface area (Å²) in [4.78, 5) is 0. The topological polar surface area (TPSA) is 64.5 Å². The third kappa shape index (κ3) is 9.92. The van der Waals surface area contributed by atoms with E-state index in [1.165, 1.54) is 0 Å². The van der Waals surface area contributed by atoms with Crippen LogP contribution >= 0.6 is 0 Å². The van der Waals surface area contributed by atoms with Gasteiger partial charge in [-0.15, -0.1) is 0 Å². The highest BCUT2D eigenvalue weighted by molar-refractivity contribution is 4.60. The van der Waals surface area contributed by atoms with Crippen molar-refractivity contribution in [2.75, 3.05) is 39.4 Å². The molecule has 0 atom stereocenters. The van der Waals surface area contributed by atoms with Gasteiger partial charge in [-0.1, -0.05) is 6.92 Å². The van der Waals surface area contributed by atoms with Gasteiger partial charge in [0, 0.05) is 13.2 Å². The molecule has 0 rings (SSSR count). The lowest BCUT2D eigenvalue weighted by molar-refractivity contribution is 0.282. The van der Waals surface area contributed by atoms with Crippen molar-refractivity contribution < 1.29 is 10.2 Å². The van der Waals surface area contributed by atoms with E-state index in [1.807, 2.05) is 0 Å². The standard InChI is InChI=1S/C10H24N2O2/c1-10(8-11-4-2-6-13)9-12-5-3-7-14/h10-14H,2-9H2,1H3. The summed E-state index contributed by atoms with van der Waals surface area (Å²) < 4.78 is 0. The number of aliphatic hydroxyl groups is 2. The minimum atomic E-state index is 0.260. The molecule has 4 heteroatoms. The molecule has 4 N–H and O–H groups in total. The van der Waals surface area contributed by atoms with Gasteiger partial charge in [0.25, 0.3) is 0 Å². The van der Waals surface area contributed by atoms with Gasteiger partial charge in [-0.25, -0.2) is 0 Å². The van der Waals surface area contributed by atoms with Crippen LogP contribution < -0.4 is 10.6 Å². The van der Waals surface area contributed by atoms with Gasteiger partial charge in [-0.05, 0) is 44.9 Å². The van der Waals surface area contributed by atoms with Gasteiger partial charge in [0.05, 0.1) is 0 Å². The molecule has 0 fully saturated rings. The fourth-order valence-corrected chi connectivity index (χ4v) is 1.18. The monoisotopic (exact) mass is 204 g/mol. The molecule has 4 nitrogen and oxygen atoms in total. The van der Waals surface area contributed by atoms with Crippen molar-refractivity contribution in [1.82, 2.24) is 10.6 Å². The van der Waals surface area contributed by atoms with Gasteiger partial charge in [-0.2, -0.15) is 0 Å². The first-order valence-electron chi connectivity index (χ1n) is 5.44. The van der Waals surface area contributed by atoms with Gasteiger partial charge in [-0.3, -0.25) is 0 Å². The summed E-state index contributed by atoms with van der Waals surface area (Å²) in [5.74, 6) is 0.590. The van der Waals surface area contributed by atoms with Crippen LogP contribution in [0.4, 0.5) is 0 Å². The van der Waals surface area contributed by atoms with Crippen LogP contribution in [0.25, 0.3) is 0 Å². The Kier molecular flexibility index (Phi) is 10.8. The van der Waals surface area contributed by atoms with Crippen molar-refractivity contribution in [1.29, 1.82) is 0 Å². The molecule has 0 bridgehead atoms. The van der Waals surface area contributed by atoms with E-state index in [0.29, 0.717) is 5.92 Å². The summed E-state index contributed by atoms with van der Waals surface area (Å²) in [6, 6.07) is 0. The Labute approximate surface area is 86.7 Å².